The van der Waals surface area contributed by atoms with E-state index in [0.717, 1.165) is 33.4 Å². The van der Waals surface area contributed by atoms with Crippen molar-refractivity contribution >= 4 is 31.9 Å². The van der Waals surface area contributed by atoms with E-state index in [0.29, 0.717) is 18.4 Å². The van der Waals surface area contributed by atoms with Crippen LogP contribution in [0.15, 0.2) is 200 Å². The number of ether oxygens (including phenoxy) is 4. The van der Waals surface area contributed by atoms with Crippen molar-refractivity contribution in [2.24, 2.45) is 0 Å². The summed E-state index contributed by atoms with van der Waals surface area (Å²) in [5, 5.41) is 8.28. The minimum atomic E-state index is -4.34. The molecule has 16 heteroatoms. The van der Waals surface area contributed by atoms with E-state index in [1.165, 1.54) is 0 Å². The van der Waals surface area contributed by atoms with Crippen LogP contribution >= 0.6 is 7.82 Å². The van der Waals surface area contributed by atoms with Gasteiger partial charge in [-0.1, -0.05) is 188 Å². The molecule has 0 bridgehead atoms. The van der Waals surface area contributed by atoms with Gasteiger partial charge in [0.2, 0.25) is 5.91 Å². The van der Waals surface area contributed by atoms with Gasteiger partial charge in [0.25, 0.3) is 0 Å². The molecule has 0 aromatic heterocycles. The van der Waals surface area contributed by atoms with Gasteiger partial charge in [-0.2, -0.15) is 0 Å². The van der Waals surface area contributed by atoms with E-state index in [1.54, 1.807) is 18.2 Å². The highest BCUT2D eigenvalue weighted by Gasteiger charge is 2.32. The van der Waals surface area contributed by atoms with Gasteiger partial charge in [-0.15, -0.1) is 0 Å². The molecule has 7 aromatic carbocycles. The van der Waals surface area contributed by atoms with E-state index >= 15 is 0 Å². The third kappa shape index (κ3) is 19.3. The van der Waals surface area contributed by atoms with Crippen molar-refractivity contribution in [1.29, 1.82) is 0 Å². The van der Waals surface area contributed by atoms with Gasteiger partial charge < -0.3 is 39.4 Å². The number of carbonyl (C=O) groups excluding carboxylic acids is 4. The lowest BCUT2D eigenvalue weighted by Crippen LogP contribution is -2.48. The van der Waals surface area contributed by atoms with E-state index in [2.05, 4.69) is 16.0 Å². The fourth-order valence-corrected chi connectivity index (χ4v) is 8.60. The Morgan fingerprint density at radius 3 is 1.31 bits per heavy atom. The van der Waals surface area contributed by atoms with Crippen LogP contribution in [0, 0.1) is 0 Å². The molecule has 0 aliphatic carbocycles. The number of rotatable bonds is 28. The molecule has 75 heavy (non-hydrogen) atoms. The van der Waals surface area contributed by atoms with Crippen molar-refractivity contribution in [3.63, 3.8) is 0 Å². The van der Waals surface area contributed by atoms with E-state index < -0.39 is 44.0 Å². The molecule has 0 fully saturated rings. The molecule has 0 aliphatic rings. The van der Waals surface area contributed by atoms with Crippen molar-refractivity contribution in [1.82, 2.24) is 16.0 Å². The van der Waals surface area contributed by atoms with Gasteiger partial charge in [-0.05, 0) is 70.3 Å². The highest BCUT2D eigenvalue weighted by Crippen LogP contribution is 2.53. The van der Waals surface area contributed by atoms with Crippen molar-refractivity contribution in [3.8, 4) is 11.5 Å². The van der Waals surface area contributed by atoms with Gasteiger partial charge >= 0.3 is 26.0 Å². The number of unbranched alkanes of at least 4 members (excludes halogenated alkanes) is 1. The smallest absolute Gasteiger partial charge is 0.485 e. The van der Waals surface area contributed by atoms with Crippen LogP contribution in [-0.4, -0.2) is 42.7 Å². The highest BCUT2D eigenvalue weighted by atomic mass is 31.2. The molecular weight excluding hydrogens is 974 g/mol. The zero-order valence-corrected chi connectivity index (χ0v) is 42.2. The molecule has 0 radical (unpaired) electrons. The first-order chi connectivity index (χ1) is 36.7. The average Bonchev–Trinajstić information content (AvgIpc) is 3.45. The number of benzene rings is 7. The fraction of sp³-hybridized carbons (Fsp3) is 0.220. The van der Waals surface area contributed by atoms with Gasteiger partial charge in [-0.25, -0.2) is 18.9 Å². The number of alkyl carbamates (subject to hydrolysis) is 2. The summed E-state index contributed by atoms with van der Waals surface area (Å²) in [5.41, 5.74) is 5.19. The molecule has 0 heterocycles. The van der Waals surface area contributed by atoms with Gasteiger partial charge in [0.1, 0.15) is 38.5 Å². The minimum Gasteiger partial charge on any atom is -0.485 e. The lowest BCUT2D eigenvalue weighted by molar-refractivity contribution is -0.147. The number of amides is 3. The lowest BCUT2D eigenvalue weighted by Gasteiger charge is -2.22. The summed E-state index contributed by atoms with van der Waals surface area (Å²) in [4.78, 5) is 53.7. The second-order valence-electron chi connectivity index (χ2n) is 17.2. The van der Waals surface area contributed by atoms with Crippen LogP contribution in [0.5, 0.6) is 11.5 Å². The van der Waals surface area contributed by atoms with Crippen LogP contribution in [0.1, 0.15) is 58.2 Å². The third-order valence-corrected chi connectivity index (χ3v) is 12.7. The topological polar surface area (TPSA) is 186 Å². The molecular formula is C59H60N3O12P. The Hall–Kier alpha value is -8.23. The number of esters is 1. The van der Waals surface area contributed by atoms with Gasteiger partial charge in [-0.3, -0.25) is 13.8 Å². The zero-order valence-electron chi connectivity index (χ0n) is 41.3. The summed E-state index contributed by atoms with van der Waals surface area (Å²) in [7, 11) is -4.34. The molecule has 0 unspecified atom stereocenters. The normalized spacial score (nSPS) is 11.8. The van der Waals surface area contributed by atoms with Gasteiger partial charge in [0, 0.05) is 13.0 Å². The molecule has 2 atom stereocenters. The standard InChI is InChI=1S/C59H60N3O12P/c63-56(60-36-20-19-33-52(57(64)69-40-46-23-9-2-10-24-46)61-58(65)70-41-47-25-11-3-12-26-47)53(62-59(66)71-42-48-27-13-4-14-28-48)37-51-34-35-54(55(38-51)68-39-45-21-7-1-8-22-45)74-75(67,72-43-49-29-15-5-16-30-49)73-44-50-31-17-6-18-32-50/h1-18,21-32,34-35,38,52-53H,19-20,33,36-37,39-44H2,(H,60,63)(H,61,65)(H,62,66)/t52-,53-/m0/s1. The average molecular weight is 1030 g/mol. The Morgan fingerprint density at radius 2 is 0.840 bits per heavy atom. The first-order valence-corrected chi connectivity index (χ1v) is 26.0. The zero-order chi connectivity index (χ0) is 52.3. The summed E-state index contributed by atoms with van der Waals surface area (Å²) in [6.07, 6.45) is -0.683. The maximum absolute atomic E-state index is 14.5. The van der Waals surface area contributed by atoms with Crippen LogP contribution in [0.25, 0.3) is 0 Å². The molecule has 0 saturated heterocycles. The molecule has 0 spiro atoms. The van der Waals surface area contributed by atoms with Crippen LogP contribution < -0.4 is 25.2 Å². The SMILES string of the molecule is O=C(N[C@@H](Cc1ccc(OP(=O)(OCc2ccccc2)OCc2ccccc2)c(OCc2ccccc2)c1)C(=O)NCCCC[C@H](NC(=O)OCc1ccccc1)C(=O)OCc1ccccc1)OCc1ccccc1. The Morgan fingerprint density at radius 1 is 0.427 bits per heavy atom. The Kier molecular flexibility index (Phi) is 21.4. The Balaban J connectivity index is 1.05. The van der Waals surface area contributed by atoms with E-state index in [9.17, 15) is 23.7 Å². The summed E-state index contributed by atoms with van der Waals surface area (Å²) >= 11 is 0. The van der Waals surface area contributed by atoms with Gasteiger partial charge in [0.15, 0.2) is 11.5 Å². The van der Waals surface area contributed by atoms with E-state index in [-0.39, 0.29) is 70.5 Å². The first kappa shape index (κ1) is 54.5. The summed E-state index contributed by atoms with van der Waals surface area (Å²) in [6.45, 7) is 0.0955. The fourth-order valence-electron chi connectivity index (χ4n) is 7.41. The predicted molar refractivity (Wildman–Crippen MR) is 282 cm³/mol. The highest BCUT2D eigenvalue weighted by molar-refractivity contribution is 7.48. The summed E-state index contributed by atoms with van der Waals surface area (Å²) in [6, 6.07) is 58.0. The lowest BCUT2D eigenvalue weighted by atomic mass is 10.0. The number of phosphoric acid groups is 1. The molecule has 3 N–H and O–H groups in total. The number of phosphoric ester groups is 1. The van der Waals surface area contributed by atoms with Crippen molar-refractivity contribution in [2.75, 3.05) is 6.54 Å². The van der Waals surface area contributed by atoms with Gasteiger partial charge in [0.05, 0.1) is 13.2 Å². The summed E-state index contributed by atoms with van der Waals surface area (Å²) in [5.74, 6) is -0.933. The number of carbonyl (C=O) groups is 4. The molecule has 0 saturated carbocycles. The maximum Gasteiger partial charge on any atom is 0.530 e. The molecule has 388 valence electrons. The van der Waals surface area contributed by atoms with Crippen molar-refractivity contribution < 1.29 is 56.3 Å². The number of nitrogens with one attached hydrogen (secondary N) is 3. The Bertz CT molecular complexity index is 2840. The number of hydrogen-bond donors (Lipinski definition) is 3. The van der Waals surface area contributed by atoms with E-state index in [4.69, 9.17) is 32.5 Å². The third-order valence-electron chi connectivity index (χ3n) is 11.4. The van der Waals surface area contributed by atoms with Crippen molar-refractivity contribution in [2.45, 2.75) is 77.4 Å². The Labute approximate surface area is 437 Å². The molecule has 15 nitrogen and oxygen atoms in total. The second kappa shape index (κ2) is 29.5. The monoisotopic (exact) mass is 1030 g/mol. The minimum absolute atomic E-state index is 0.00974. The molecule has 7 aromatic rings. The largest absolute Gasteiger partial charge is 0.530 e. The van der Waals surface area contributed by atoms with E-state index in [1.807, 2.05) is 182 Å². The molecule has 3 amide bonds. The van der Waals surface area contributed by atoms with Crippen LogP contribution in [0.4, 0.5) is 9.59 Å². The molecule has 7 rings (SSSR count). The quantitative estimate of drug-likeness (QED) is 0.0183. The maximum atomic E-state index is 14.5. The summed E-state index contributed by atoms with van der Waals surface area (Å²) < 4.78 is 55.4. The van der Waals surface area contributed by atoms with Crippen molar-refractivity contribution in [3.05, 3.63) is 239 Å². The second-order valence-corrected chi connectivity index (χ2v) is 18.8. The van der Waals surface area contributed by atoms with Crippen LogP contribution in [0.3, 0.4) is 0 Å². The number of hydrogen-bond acceptors (Lipinski definition) is 12. The predicted octanol–water partition coefficient (Wildman–Crippen LogP) is 11.3. The van der Waals surface area contributed by atoms with Crippen LogP contribution in [-0.2, 0) is 83.5 Å². The molecule has 0 aliphatic heterocycles. The van der Waals surface area contributed by atoms with Crippen LogP contribution in [0.2, 0.25) is 0 Å². The first-order valence-electron chi connectivity index (χ1n) is 24.6.